The Morgan fingerprint density at radius 1 is 0.660 bits per heavy atom. The van der Waals surface area contributed by atoms with Crippen molar-refractivity contribution in [2.24, 2.45) is 0 Å². The van der Waals surface area contributed by atoms with E-state index in [1.54, 1.807) is 0 Å². The normalized spacial score (nSPS) is 14.0. The number of allylic oxidation sites excluding steroid dienone is 12. The fourth-order valence-corrected chi connectivity index (χ4v) is 4.45. The largest absolute Gasteiger partial charge is 0.477 e. The molecule has 1 N–H and O–H groups in total. The lowest BCUT2D eigenvalue weighted by molar-refractivity contribution is -0.887. The van der Waals surface area contributed by atoms with Crippen molar-refractivity contribution in [3.8, 4) is 0 Å². The summed E-state index contributed by atoms with van der Waals surface area (Å²) in [4.78, 5) is 36.6. The number of ether oxygens (including phenoxy) is 3. The molecule has 0 bridgehead atoms. The highest BCUT2D eigenvalue weighted by molar-refractivity contribution is 5.72. The first-order chi connectivity index (χ1) is 22.6. The number of carboxylic acid groups (broad SMARTS) is 1. The van der Waals surface area contributed by atoms with E-state index in [1.165, 1.54) is 12.8 Å². The number of rotatable bonds is 29. The van der Waals surface area contributed by atoms with Gasteiger partial charge in [0.25, 0.3) is 0 Å². The molecule has 2 unspecified atom stereocenters. The van der Waals surface area contributed by atoms with Gasteiger partial charge in [-0.2, -0.15) is 0 Å². The summed E-state index contributed by atoms with van der Waals surface area (Å²) in [5, 5.41) is 9.55. The zero-order valence-corrected chi connectivity index (χ0v) is 29.9. The van der Waals surface area contributed by atoms with Crippen LogP contribution >= 0.6 is 0 Å². The van der Waals surface area contributed by atoms with Crippen LogP contribution in [0.4, 0.5) is 0 Å². The Hall–Kier alpha value is -3.23. The summed E-state index contributed by atoms with van der Waals surface area (Å²) in [6.45, 7) is 4.41. The number of hydrogen-bond donors (Lipinski definition) is 1. The first-order valence-corrected chi connectivity index (χ1v) is 17.5. The van der Waals surface area contributed by atoms with E-state index in [4.69, 9.17) is 14.2 Å². The Kier molecular flexibility index (Phi) is 28.1. The number of esters is 2. The van der Waals surface area contributed by atoms with Crippen LogP contribution in [0.15, 0.2) is 72.9 Å². The lowest BCUT2D eigenvalue weighted by Crippen LogP contribution is -2.50. The Bertz CT molecular complexity index is 1000. The van der Waals surface area contributed by atoms with Crippen LogP contribution in [0.25, 0.3) is 0 Å². The van der Waals surface area contributed by atoms with E-state index >= 15 is 0 Å². The first kappa shape index (κ1) is 43.8. The van der Waals surface area contributed by atoms with Crippen molar-refractivity contribution in [3.05, 3.63) is 72.9 Å². The third-order valence-electron chi connectivity index (χ3n) is 7.22. The number of hydrogen-bond acceptors (Lipinski definition) is 6. The zero-order chi connectivity index (χ0) is 35.0. The highest BCUT2D eigenvalue weighted by Gasteiger charge is 2.31. The van der Waals surface area contributed by atoms with Crippen LogP contribution in [-0.2, 0) is 28.6 Å². The summed E-state index contributed by atoms with van der Waals surface area (Å²) < 4.78 is 17.0. The minimum atomic E-state index is -0.893. The topological polar surface area (TPSA) is 99.1 Å². The smallest absolute Gasteiger partial charge is 0.362 e. The fourth-order valence-electron chi connectivity index (χ4n) is 4.45. The van der Waals surface area contributed by atoms with Gasteiger partial charge in [0.1, 0.15) is 6.61 Å². The second kappa shape index (κ2) is 30.1. The lowest BCUT2D eigenvalue weighted by atomic mass is 10.1. The van der Waals surface area contributed by atoms with E-state index in [0.29, 0.717) is 19.3 Å². The van der Waals surface area contributed by atoms with Crippen LogP contribution in [0.5, 0.6) is 0 Å². The molecule has 0 radical (unpaired) electrons. The van der Waals surface area contributed by atoms with Crippen LogP contribution in [0.3, 0.4) is 0 Å². The molecule has 0 aliphatic carbocycles. The fraction of sp³-hybridized carbons (Fsp3) is 0.615. The lowest BCUT2D eigenvalue weighted by Gasteiger charge is -2.31. The molecule has 0 aromatic carbocycles. The number of aliphatic carboxylic acids is 1. The average Bonchev–Trinajstić information content (AvgIpc) is 3.01. The van der Waals surface area contributed by atoms with Crippen molar-refractivity contribution in [1.82, 2.24) is 0 Å². The predicted octanol–water partition coefficient (Wildman–Crippen LogP) is 8.46. The van der Waals surface area contributed by atoms with Gasteiger partial charge in [-0.25, -0.2) is 4.79 Å². The molecule has 47 heavy (non-hydrogen) atoms. The maximum absolute atomic E-state index is 12.6. The Balaban J connectivity index is 4.65. The number of unbranched alkanes of at least 4 members (excludes halogenated alkanes) is 7. The Morgan fingerprint density at radius 3 is 1.85 bits per heavy atom. The zero-order valence-electron chi connectivity index (χ0n) is 29.9. The van der Waals surface area contributed by atoms with Gasteiger partial charge in [0.15, 0.2) is 12.1 Å². The molecule has 266 valence electrons. The minimum absolute atomic E-state index is 0.0244. The average molecular weight is 659 g/mol. The molecule has 0 aliphatic heterocycles. The summed E-state index contributed by atoms with van der Waals surface area (Å²) >= 11 is 0. The molecular formula is C39H64NO7+. The first-order valence-electron chi connectivity index (χ1n) is 17.5. The van der Waals surface area contributed by atoms with Gasteiger partial charge in [-0.1, -0.05) is 112 Å². The van der Waals surface area contributed by atoms with Crippen molar-refractivity contribution < 1.29 is 38.2 Å². The highest BCUT2D eigenvalue weighted by atomic mass is 16.6. The summed E-state index contributed by atoms with van der Waals surface area (Å²) in [6.07, 6.45) is 35.3. The molecule has 0 amide bonds. The number of likely N-dealkylation sites (N-methyl/N-ethyl adjacent to an activating group) is 1. The number of nitrogens with zero attached hydrogens (tertiary/aromatic N) is 1. The molecular weight excluding hydrogens is 594 g/mol. The van der Waals surface area contributed by atoms with E-state index in [0.717, 1.165) is 51.4 Å². The van der Waals surface area contributed by atoms with Gasteiger partial charge >= 0.3 is 17.9 Å². The van der Waals surface area contributed by atoms with Gasteiger partial charge in [-0.15, -0.1) is 0 Å². The molecule has 0 rings (SSSR count). The summed E-state index contributed by atoms with van der Waals surface area (Å²) in [5.74, 6) is -1.60. The Labute approximate surface area is 285 Å². The van der Waals surface area contributed by atoms with Crippen molar-refractivity contribution in [1.29, 1.82) is 0 Å². The second-order valence-corrected chi connectivity index (χ2v) is 12.5. The standard InChI is InChI=1S/C39H63NO7/c1-6-8-10-12-14-16-18-19-20-22-24-26-28-30-38(42)47-35(33-45-32-31-36(39(43)44)40(3,4)5)34-46-37(41)29-27-25-23-21-17-15-13-11-9-7-2/h8,10,12-16,18-20,22,24,35-36H,6-7,9,11,17,21,23,25-34H2,1-5H3/p+1/b10-8+,14-12+,15-13+,18-16+,20-19+,24-22+. The number of carbonyl (C=O) groups excluding carboxylic acids is 2. The Morgan fingerprint density at radius 2 is 1.23 bits per heavy atom. The number of carboxylic acids is 1. The van der Waals surface area contributed by atoms with E-state index in [9.17, 15) is 19.5 Å². The molecule has 8 nitrogen and oxygen atoms in total. The number of quaternary nitrogens is 1. The summed E-state index contributed by atoms with van der Waals surface area (Å²) in [6, 6.07) is -0.630. The van der Waals surface area contributed by atoms with Crippen LogP contribution in [0.1, 0.15) is 104 Å². The molecule has 0 spiro atoms. The molecule has 2 atom stereocenters. The van der Waals surface area contributed by atoms with Crippen LogP contribution in [0, 0.1) is 0 Å². The van der Waals surface area contributed by atoms with Gasteiger partial charge in [-0.05, 0) is 44.9 Å². The van der Waals surface area contributed by atoms with Crippen LogP contribution in [-0.4, -0.2) is 80.6 Å². The van der Waals surface area contributed by atoms with E-state index in [1.807, 2.05) is 75.8 Å². The van der Waals surface area contributed by atoms with E-state index in [2.05, 4.69) is 32.1 Å². The third kappa shape index (κ3) is 28.7. The van der Waals surface area contributed by atoms with Crippen LogP contribution in [0.2, 0.25) is 0 Å². The van der Waals surface area contributed by atoms with E-state index in [-0.39, 0.29) is 42.7 Å². The van der Waals surface area contributed by atoms with Crippen LogP contribution < -0.4 is 0 Å². The van der Waals surface area contributed by atoms with Gasteiger partial charge < -0.3 is 23.8 Å². The highest BCUT2D eigenvalue weighted by Crippen LogP contribution is 2.11. The van der Waals surface area contributed by atoms with Crippen molar-refractivity contribution in [3.63, 3.8) is 0 Å². The molecule has 0 saturated heterocycles. The molecule has 0 heterocycles. The van der Waals surface area contributed by atoms with Crippen molar-refractivity contribution in [2.75, 3.05) is 41.0 Å². The quantitative estimate of drug-likeness (QED) is 0.0283. The molecule has 0 aromatic rings. The molecule has 0 saturated carbocycles. The summed E-state index contributed by atoms with van der Waals surface area (Å²) in [5.41, 5.74) is 0. The second-order valence-electron chi connectivity index (χ2n) is 12.5. The van der Waals surface area contributed by atoms with Crippen molar-refractivity contribution in [2.45, 2.75) is 116 Å². The maximum atomic E-state index is 12.6. The van der Waals surface area contributed by atoms with Crippen molar-refractivity contribution >= 4 is 17.9 Å². The number of carbonyl (C=O) groups is 3. The van der Waals surface area contributed by atoms with Gasteiger partial charge in [0, 0.05) is 19.3 Å². The molecule has 0 fully saturated rings. The molecule has 0 aromatic heterocycles. The molecule has 8 heteroatoms. The van der Waals surface area contributed by atoms with Gasteiger partial charge in [-0.3, -0.25) is 9.59 Å². The monoisotopic (exact) mass is 658 g/mol. The van der Waals surface area contributed by atoms with Gasteiger partial charge in [0.05, 0.1) is 34.4 Å². The maximum Gasteiger partial charge on any atom is 0.362 e. The summed E-state index contributed by atoms with van der Waals surface area (Å²) in [7, 11) is 5.47. The minimum Gasteiger partial charge on any atom is -0.477 e. The van der Waals surface area contributed by atoms with Gasteiger partial charge in [0.2, 0.25) is 0 Å². The third-order valence-corrected chi connectivity index (χ3v) is 7.22. The SMILES string of the molecule is CC/C=C/C=C/C=C/C=C/C=C/CCCC(=O)OC(COCCC(C(=O)O)[N+](C)(C)C)COC(=O)CCCCCC/C=C/CCCC. The molecule has 0 aliphatic rings. The predicted molar refractivity (Wildman–Crippen MR) is 192 cm³/mol. The van der Waals surface area contributed by atoms with E-state index < -0.39 is 18.1 Å².